The molecule has 110 valence electrons. The number of amides is 1. The molecular weight excluding hydrogens is 316 g/mol. The van der Waals surface area contributed by atoms with Crippen LogP contribution in [0.2, 0.25) is 10.0 Å². The lowest BCUT2D eigenvalue weighted by Gasteiger charge is -2.10. The van der Waals surface area contributed by atoms with Crippen molar-refractivity contribution in [2.24, 2.45) is 0 Å². The van der Waals surface area contributed by atoms with Crippen LogP contribution in [-0.4, -0.2) is 12.5 Å². The van der Waals surface area contributed by atoms with E-state index >= 15 is 0 Å². The zero-order valence-corrected chi connectivity index (χ0v) is 12.4. The highest BCUT2D eigenvalue weighted by Gasteiger charge is 2.10. The van der Waals surface area contributed by atoms with Crippen molar-refractivity contribution in [2.75, 3.05) is 6.61 Å². The van der Waals surface area contributed by atoms with E-state index in [0.717, 1.165) is 0 Å². The maximum Gasteiger partial charge on any atom is 0.258 e. The van der Waals surface area contributed by atoms with Gasteiger partial charge in [-0.05, 0) is 18.2 Å². The van der Waals surface area contributed by atoms with Crippen molar-refractivity contribution < 1.29 is 13.9 Å². The predicted molar refractivity (Wildman–Crippen MR) is 80.2 cm³/mol. The van der Waals surface area contributed by atoms with Gasteiger partial charge in [0, 0.05) is 12.1 Å². The third kappa shape index (κ3) is 4.34. The summed E-state index contributed by atoms with van der Waals surface area (Å²) in [5.74, 6) is -0.510. The summed E-state index contributed by atoms with van der Waals surface area (Å²) >= 11 is 11.8. The molecule has 0 aliphatic rings. The average Bonchev–Trinajstić information content (AvgIpc) is 2.46. The Morgan fingerprint density at radius 2 is 1.76 bits per heavy atom. The maximum atomic E-state index is 13.4. The second-order valence-corrected chi connectivity index (χ2v) is 5.02. The van der Waals surface area contributed by atoms with Gasteiger partial charge in [0.05, 0.1) is 10.0 Å². The zero-order valence-electron chi connectivity index (χ0n) is 10.9. The fraction of sp³-hybridized carbons (Fsp3) is 0.133. The topological polar surface area (TPSA) is 38.3 Å². The molecule has 21 heavy (non-hydrogen) atoms. The molecule has 0 heterocycles. The van der Waals surface area contributed by atoms with Crippen molar-refractivity contribution in [3.63, 3.8) is 0 Å². The highest BCUT2D eigenvalue weighted by Crippen LogP contribution is 2.32. The summed E-state index contributed by atoms with van der Waals surface area (Å²) in [6.45, 7) is -0.164. The maximum absolute atomic E-state index is 13.4. The molecule has 0 bridgehead atoms. The summed E-state index contributed by atoms with van der Waals surface area (Å²) in [7, 11) is 0. The molecule has 2 rings (SSSR count). The van der Waals surface area contributed by atoms with Crippen molar-refractivity contribution in [1.29, 1.82) is 0 Å². The quantitative estimate of drug-likeness (QED) is 0.906. The van der Waals surface area contributed by atoms with E-state index in [0.29, 0.717) is 15.6 Å². The Morgan fingerprint density at radius 3 is 2.43 bits per heavy atom. The number of hydrogen-bond donors (Lipinski definition) is 1. The molecule has 6 heteroatoms. The van der Waals surface area contributed by atoms with Crippen LogP contribution in [-0.2, 0) is 11.3 Å². The molecular formula is C15H12Cl2FNO2. The lowest BCUT2D eigenvalue weighted by atomic mass is 10.2. The van der Waals surface area contributed by atoms with Crippen molar-refractivity contribution in [2.45, 2.75) is 6.54 Å². The molecule has 0 unspecified atom stereocenters. The molecule has 0 aliphatic heterocycles. The van der Waals surface area contributed by atoms with E-state index in [1.807, 2.05) is 0 Å². The summed E-state index contributed by atoms with van der Waals surface area (Å²) in [5, 5.41) is 3.21. The summed E-state index contributed by atoms with van der Waals surface area (Å²) in [5.41, 5.74) is 0.404. The average molecular weight is 328 g/mol. The number of ether oxygens (including phenoxy) is 1. The van der Waals surface area contributed by atoms with Gasteiger partial charge >= 0.3 is 0 Å². The van der Waals surface area contributed by atoms with Crippen molar-refractivity contribution in [3.05, 3.63) is 63.9 Å². The Balaban J connectivity index is 1.87. The van der Waals surface area contributed by atoms with Gasteiger partial charge in [-0.15, -0.1) is 0 Å². The molecule has 0 saturated carbocycles. The molecule has 0 saturated heterocycles. The van der Waals surface area contributed by atoms with Crippen LogP contribution in [0.5, 0.6) is 5.75 Å². The predicted octanol–water partition coefficient (Wildman–Crippen LogP) is 3.83. The van der Waals surface area contributed by atoms with Gasteiger partial charge in [-0.1, -0.05) is 47.5 Å². The van der Waals surface area contributed by atoms with Gasteiger partial charge < -0.3 is 10.1 Å². The number of hydrogen-bond acceptors (Lipinski definition) is 2. The lowest BCUT2D eigenvalue weighted by molar-refractivity contribution is -0.123. The van der Waals surface area contributed by atoms with Gasteiger partial charge in [0.15, 0.2) is 12.4 Å². The van der Waals surface area contributed by atoms with Crippen LogP contribution in [0.4, 0.5) is 4.39 Å². The van der Waals surface area contributed by atoms with Crippen LogP contribution in [0.1, 0.15) is 5.56 Å². The fourth-order valence-electron chi connectivity index (χ4n) is 1.64. The Hall–Kier alpha value is -1.78. The SMILES string of the molecule is O=C(COc1c(Cl)cccc1Cl)NCc1ccccc1F. The van der Waals surface area contributed by atoms with Crippen molar-refractivity contribution in [1.82, 2.24) is 5.32 Å². The van der Waals surface area contributed by atoms with Gasteiger partial charge in [0.25, 0.3) is 5.91 Å². The number of para-hydroxylation sites is 1. The highest BCUT2D eigenvalue weighted by atomic mass is 35.5. The Labute approximate surface area is 131 Å². The van der Waals surface area contributed by atoms with Crippen LogP contribution < -0.4 is 10.1 Å². The summed E-state index contributed by atoms with van der Waals surface area (Å²) in [6, 6.07) is 11.1. The third-order valence-electron chi connectivity index (χ3n) is 2.70. The van der Waals surface area contributed by atoms with Crippen LogP contribution in [0, 0.1) is 5.82 Å². The van der Waals surface area contributed by atoms with E-state index in [-0.39, 0.29) is 24.7 Å². The first-order valence-electron chi connectivity index (χ1n) is 6.15. The molecule has 1 amide bonds. The smallest absolute Gasteiger partial charge is 0.258 e. The number of carbonyl (C=O) groups excluding carboxylic acids is 1. The first-order chi connectivity index (χ1) is 10.1. The number of carbonyl (C=O) groups is 1. The van der Waals surface area contributed by atoms with Crippen LogP contribution in [0.15, 0.2) is 42.5 Å². The minimum Gasteiger partial charge on any atom is -0.481 e. The van der Waals surface area contributed by atoms with Gasteiger partial charge in [0.1, 0.15) is 5.82 Å². The second kappa shape index (κ2) is 7.29. The number of halogens is 3. The monoisotopic (exact) mass is 327 g/mol. The molecule has 3 nitrogen and oxygen atoms in total. The van der Waals surface area contributed by atoms with E-state index < -0.39 is 5.91 Å². The first kappa shape index (κ1) is 15.6. The van der Waals surface area contributed by atoms with Crippen LogP contribution in [0.3, 0.4) is 0 Å². The summed E-state index contributed by atoms with van der Waals surface area (Å²) < 4.78 is 18.7. The largest absolute Gasteiger partial charge is 0.481 e. The van der Waals surface area contributed by atoms with E-state index in [2.05, 4.69) is 5.32 Å². The van der Waals surface area contributed by atoms with Crippen molar-refractivity contribution >= 4 is 29.1 Å². The van der Waals surface area contributed by atoms with Gasteiger partial charge in [-0.3, -0.25) is 4.79 Å². The third-order valence-corrected chi connectivity index (χ3v) is 3.30. The van der Waals surface area contributed by atoms with Gasteiger partial charge in [-0.2, -0.15) is 0 Å². The number of benzene rings is 2. The summed E-state index contributed by atoms with van der Waals surface area (Å²) in [6.07, 6.45) is 0. The normalized spacial score (nSPS) is 10.2. The van der Waals surface area contributed by atoms with Gasteiger partial charge in [-0.25, -0.2) is 4.39 Å². The van der Waals surface area contributed by atoms with E-state index in [4.69, 9.17) is 27.9 Å². The zero-order chi connectivity index (χ0) is 15.2. The number of nitrogens with one attached hydrogen (secondary N) is 1. The van der Waals surface area contributed by atoms with E-state index in [1.165, 1.54) is 6.07 Å². The Bertz CT molecular complexity index is 629. The molecule has 0 aromatic heterocycles. The molecule has 0 fully saturated rings. The molecule has 2 aromatic carbocycles. The second-order valence-electron chi connectivity index (χ2n) is 4.21. The Kier molecular flexibility index (Phi) is 5.42. The first-order valence-corrected chi connectivity index (χ1v) is 6.90. The minimum absolute atomic E-state index is 0.0884. The van der Waals surface area contributed by atoms with Crippen LogP contribution >= 0.6 is 23.2 Å². The standard InChI is InChI=1S/C15H12Cl2FNO2/c16-11-5-3-6-12(17)15(11)21-9-14(20)19-8-10-4-1-2-7-13(10)18/h1-7H,8-9H2,(H,19,20). The molecule has 0 atom stereocenters. The summed E-state index contributed by atoms with van der Waals surface area (Å²) in [4.78, 5) is 11.7. The molecule has 0 radical (unpaired) electrons. The molecule has 0 spiro atoms. The van der Waals surface area contributed by atoms with Crippen molar-refractivity contribution in [3.8, 4) is 5.75 Å². The minimum atomic E-state index is -0.394. The fourth-order valence-corrected chi connectivity index (χ4v) is 2.15. The highest BCUT2D eigenvalue weighted by molar-refractivity contribution is 6.37. The lowest BCUT2D eigenvalue weighted by Crippen LogP contribution is -2.28. The number of rotatable bonds is 5. The van der Waals surface area contributed by atoms with E-state index in [1.54, 1.807) is 36.4 Å². The van der Waals surface area contributed by atoms with E-state index in [9.17, 15) is 9.18 Å². The molecule has 2 aromatic rings. The van der Waals surface area contributed by atoms with Gasteiger partial charge in [0.2, 0.25) is 0 Å². The molecule has 1 N–H and O–H groups in total. The Morgan fingerprint density at radius 1 is 1.10 bits per heavy atom. The molecule has 0 aliphatic carbocycles. The van der Waals surface area contributed by atoms with Crippen LogP contribution in [0.25, 0.3) is 0 Å².